The number of aliphatic hydroxyl groups is 1. The number of dihydropyridines is 1. The van der Waals surface area contributed by atoms with Crippen LogP contribution in [0.15, 0.2) is 46.8 Å². The molecule has 1 aromatic carbocycles. The van der Waals surface area contributed by atoms with Gasteiger partial charge in [-0.1, -0.05) is 18.2 Å². The largest absolute Gasteiger partial charge is 0.466 e. The van der Waals surface area contributed by atoms with Crippen molar-refractivity contribution in [1.82, 2.24) is 5.32 Å². The third-order valence-corrected chi connectivity index (χ3v) is 4.06. The molecule has 9 nitrogen and oxygen atoms in total. The number of nitro groups is 1. The Morgan fingerprint density at radius 3 is 2.31 bits per heavy atom. The average molecular weight is 362 g/mol. The van der Waals surface area contributed by atoms with Crippen LogP contribution in [0.5, 0.6) is 0 Å². The van der Waals surface area contributed by atoms with Gasteiger partial charge in [0, 0.05) is 17.3 Å². The highest BCUT2D eigenvalue weighted by Crippen LogP contribution is 2.42. The van der Waals surface area contributed by atoms with Gasteiger partial charge in [0.25, 0.3) is 5.69 Å². The third-order valence-electron chi connectivity index (χ3n) is 4.06. The zero-order chi connectivity index (χ0) is 19.4. The van der Waals surface area contributed by atoms with Crippen LogP contribution in [0.25, 0.3) is 0 Å². The Balaban J connectivity index is 2.84. The second kappa shape index (κ2) is 7.79. The van der Waals surface area contributed by atoms with Crippen molar-refractivity contribution < 1.29 is 29.1 Å². The molecule has 138 valence electrons. The third kappa shape index (κ3) is 3.29. The number of hydrogen-bond acceptors (Lipinski definition) is 8. The van der Waals surface area contributed by atoms with E-state index in [1.165, 1.54) is 25.3 Å². The first-order chi connectivity index (χ1) is 12.4. The Bertz CT molecular complexity index is 826. The fraction of sp³-hybridized carbons (Fsp3) is 0.294. The summed E-state index contributed by atoms with van der Waals surface area (Å²) >= 11 is 0. The Kier molecular flexibility index (Phi) is 5.73. The Morgan fingerprint density at radius 1 is 1.19 bits per heavy atom. The number of nitrogens with zero attached hydrogens (tertiary/aromatic N) is 1. The highest BCUT2D eigenvalue weighted by atomic mass is 16.6. The van der Waals surface area contributed by atoms with Crippen molar-refractivity contribution in [3.05, 3.63) is 62.5 Å². The molecule has 2 rings (SSSR count). The van der Waals surface area contributed by atoms with Crippen molar-refractivity contribution in [2.45, 2.75) is 12.8 Å². The molecule has 1 heterocycles. The molecule has 0 aliphatic carbocycles. The molecule has 0 bridgehead atoms. The number of esters is 2. The van der Waals surface area contributed by atoms with E-state index in [0.717, 1.165) is 7.11 Å². The number of aliphatic hydroxyl groups excluding tert-OH is 1. The van der Waals surface area contributed by atoms with Crippen LogP contribution in [0.1, 0.15) is 18.4 Å². The van der Waals surface area contributed by atoms with Gasteiger partial charge in [-0.2, -0.15) is 0 Å². The number of para-hydroxylation sites is 1. The molecule has 0 radical (unpaired) electrons. The summed E-state index contributed by atoms with van der Waals surface area (Å²) in [5.74, 6) is -2.70. The second-order valence-electron chi connectivity index (χ2n) is 5.45. The maximum Gasteiger partial charge on any atom is 0.336 e. The number of carbonyl (C=O) groups is 2. The SMILES string of the molecule is COC(=O)C1=C(C)NC(CO)=C(C(=O)OC)C1c1ccccc1[N+](=O)[O-]. The fourth-order valence-electron chi connectivity index (χ4n) is 2.96. The molecule has 1 aliphatic rings. The van der Waals surface area contributed by atoms with Gasteiger partial charge in [-0.25, -0.2) is 9.59 Å². The molecule has 9 heteroatoms. The molecule has 1 unspecified atom stereocenters. The number of rotatable bonds is 5. The number of methoxy groups -OCH3 is 2. The van der Waals surface area contributed by atoms with Gasteiger partial charge in [0.2, 0.25) is 0 Å². The maximum atomic E-state index is 12.4. The maximum absolute atomic E-state index is 12.4. The number of hydrogen-bond donors (Lipinski definition) is 2. The van der Waals surface area contributed by atoms with Crippen LogP contribution >= 0.6 is 0 Å². The van der Waals surface area contributed by atoms with Crippen molar-refractivity contribution >= 4 is 17.6 Å². The molecule has 0 saturated heterocycles. The quantitative estimate of drug-likeness (QED) is 0.453. The molecule has 0 spiro atoms. The lowest BCUT2D eigenvalue weighted by Gasteiger charge is -2.30. The molecule has 1 atom stereocenters. The molecular formula is C17H18N2O7. The van der Waals surface area contributed by atoms with Crippen molar-refractivity contribution in [3.8, 4) is 0 Å². The lowest BCUT2D eigenvalue weighted by molar-refractivity contribution is -0.385. The summed E-state index contributed by atoms with van der Waals surface area (Å²) in [5.41, 5.74) is 0.203. The molecule has 0 fully saturated rings. The van der Waals surface area contributed by atoms with Gasteiger partial charge < -0.3 is 19.9 Å². The lowest BCUT2D eigenvalue weighted by atomic mass is 9.79. The molecule has 1 aromatic rings. The number of allylic oxidation sites excluding steroid dienone is 1. The summed E-state index contributed by atoms with van der Waals surface area (Å²) in [6.07, 6.45) is 0. The normalized spacial score (nSPS) is 16.8. The molecular weight excluding hydrogens is 344 g/mol. The Morgan fingerprint density at radius 2 is 1.77 bits per heavy atom. The van der Waals surface area contributed by atoms with Crippen LogP contribution in [0, 0.1) is 10.1 Å². The van der Waals surface area contributed by atoms with Crippen LogP contribution in [-0.4, -0.2) is 42.8 Å². The van der Waals surface area contributed by atoms with Crippen LogP contribution < -0.4 is 5.32 Å². The number of nitro benzene ring substituents is 1. The standard InChI is InChI=1S/C17H18N2O7/c1-9-13(16(21)25-2)14(10-6-4-5-7-12(10)19(23)24)15(17(22)26-3)11(8-20)18-9/h4-7,14,18,20H,8H2,1-3H3. The number of benzene rings is 1. The summed E-state index contributed by atoms with van der Waals surface area (Å²) in [6, 6.07) is 5.76. The summed E-state index contributed by atoms with van der Waals surface area (Å²) in [4.78, 5) is 35.6. The number of ether oxygens (including phenoxy) is 2. The first-order valence-corrected chi connectivity index (χ1v) is 7.58. The first-order valence-electron chi connectivity index (χ1n) is 7.58. The summed E-state index contributed by atoms with van der Waals surface area (Å²) in [5, 5.41) is 23.9. The highest BCUT2D eigenvalue weighted by Gasteiger charge is 2.41. The van der Waals surface area contributed by atoms with Crippen LogP contribution in [-0.2, 0) is 19.1 Å². The van der Waals surface area contributed by atoms with Gasteiger partial charge in [0.05, 0.1) is 48.5 Å². The van der Waals surface area contributed by atoms with Gasteiger partial charge >= 0.3 is 11.9 Å². The van der Waals surface area contributed by atoms with Crippen molar-refractivity contribution in [2.24, 2.45) is 0 Å². The first kappa shape index (κ1) is 19.1. The van der Waals surface area contributed by atoms with E-state index in [2.05, 4.69) is 5.32 Å². The topological polar surface area (TPSA) is 128 Å². The summed E-state index contributed by atoms with van der Waals surface area (Å²) in [6.45, 7) is 1.01. The predicted molar refractivity (Wildman–Crippen MR) is 89.8 cm³/mol. The van der Waals surface area contributed by atoms with Crippen molar-refractivity contribution in [2.75, 3.05) is 20.8 Å². The minimum absolute atomic E-state index is 0.0272. The van der Waals surface area contributed by atoms with E-state index < -0.39 is 29.4 Å². The summed E-state index contributed by atoms with van der Waals surface area (Å²) in [7, 11) is 2.31. The fourth-order valence-corrected chi connectivity index (χ4v) is 2.96. The van der Waals surface area contributed by atoms with Crippen molar-refractivity contribution in [1.29, 1.82) is 0 Å². The number of carbonyl (C=O) groups excluding carboxylic acids is 2. The van der Waals surface area contributed by atoms with E-state index in [-0.39, 0.29) is 28.1 Å². The molecule has 26 heavy (non-hydrogen) atoms. The van der Waals surface area contributed by atoms with E-state index in [9.17, 15) is 24.8 Å². The highest BCUT2D eigenvalue weighted by molar-refractivity contribution is 6.00. The minimum atomic E-state index is -1.13. The zero-order valence-electron chi connectivity index (χ0n) is 14.4. The van der Waals surface area contributed by atoms with Gasteiger partial charge in [-0.15, -0.1) is 0 Å². The Labute approximate surface area is 149 Å². The van der Waals surface area contributed by atoms with Gasteiger partial charge in [-0.05, 0) is 6.92 Å². The lowest BCUT2D eigenvalue weighted by Crippen LogP contribution is -2.34. The second-order valence-corrected chi connectivity index (χ2v) is 5.45. The Hall–Kier alpha value is -3.20. The molecule has 2 N–H and O–H groups in total. The van der Waals surface area contributed by atoms with Gasteiger partial charge in [-0.3, -0.25) is 10.1 Å². The predicted octanol–water partition coefficient (Wildman–Crippen LogP) is 1.15. The zero-order valence-corrected chi connectivity index (χ0v) is 14.4. The molecule has 0 aromatic heterocycles. The molecule has 0 saturated carbocycles. The van der Waals surface area contributed by atoms with E-state index in [0.29, 0.717) is 5.70 Å². The van der Waals surface area contributed by atoms with Crippen LogP contribution in [0.3, 0.4) is 0 Å². The molecule has 0 amide bonds. The smallest absolute Gasteiger partial charge is 0.336 e. The molecule has 1 aliphatic heterocycles. The average Bonchev–Trinajstić information content (AvgIpc) is 2.65. The minimum Gasteiger partial charge on any atom is -0.466 e. The monoisotopic (exact) mass is 362 g/mol. The van der Waals surface area contributed by atoms with Crippen LogP contribution in [0.2, 0.25) is 0 Å². The van der Waals surface area contributed by atoms with Crippen LogP contribution in [0.4, 0.5) is 5.69 Å². The van der Waals surface area contributed by atoms with E-state index in [1.54, 1.807) is 13.0 Å². The van der Waals surface area contributed by atoms with Gasteiger partial charge in [0.15, 0.2) is 0 Å². The van der Waals surface area contributed by atoms with E-state index in [1.807, 2.05) is 0 Å². The summed E-state index contributed by atoms with van der Waals surface area (Å²) < 4.78 is 9.58. The number of nitrogens with one attached hydrogen (secondary N) is 1. The van der Waals surface area contributed by atoms with Crippen molar-refractivity contribution in [3.63, 3.8) is 0 Å². The van der Waals surface area contributed by atoms with Gasteiger partial charge in [0.1, 0.15) is 0 Å². The van der Waals surface area contributed by atoms with E-state index in [4.69, 9.17) is 9.47 Å². The van der Waals surface area contributed by atoms with E-state index >= 15 is 0 Å².